The van der Waals surface area contributed by atoms with Crippen LogP contribution in [0.4, 0.5) is 27.6 Å². The van der Waals surface area contributed by atoms with E-state index < -0.39 is 38.9 Å². The van der Waals surface area contributed by atoms with Gasteiger partial charge in [-0.3, -0.25) is 4.79 Å². The molecule has 3 aromatic heterocycles. The number of anilines is 1. The van der Waals surface area contributed by atoms with Gasteiger partial charge in [0.2, 0.25) is 0 Å². The van der Waals surface area contributed by atoms with Gasteiger partial charge in [0, 0.05) is 14.1 Å². The van der Waals surface area contributed by atoms with Gasteiger partial charge in [0.15, 0.2) is 15.7 Å². The summed E-state index contributed by atoms with van der Waals surface area (Å²) in [6.45, 7) is 1.34. The highest BCUT2D eigenvalue weighted by atomic mass is 32.2. The van der Waals surface area contributed by atoms with Crippen molar-refractivity contribution in [3.8, 4) is 11.5 Å². The highest BCUT2D eigenvalue weighted by Crippen LogP contribution is 2.33. The summed E-state index contributed by atoms with van der Waals surface area (Å²) in [5.74, 6) is -2.03. The first-order chi connectivity index (χ1) is 14.8. The number of hydrogen-bond donors (Lipinski definition) is 0. The predicted molar refractivity (Wildman–Crippen MR) is 104 cm³/mol. The quantitative estimate of drug-likeness (QED) is 0.524. The molecule has 3 aromatic rings. The number of imidazole rings is 1. The first-order valence-corrected chi connectivity index (χ1v) is 10.6. The average molecular weight is 477 g/mol. The van der Waals surface area contributed by atoms with Crippen molar-refractivity contribution < 1.29 is 35.2 Å². The van der Waals surface area contributed by atoms with Crippen LogP contribution in [0.1, 0.15) is 12.6 Å². The van der Waals surface area contributed by atoms with E-state index in [0.29, 0.717) is 4.90 Å². The molecule has 0 atom stereocenters. The zero-order valence-electron chi connectivity index (χ0n) is 16.9. The summed E-state index contributed by atoms with van der Waals surface area (Å²) in [5, 5.41) is 0. The zero-order valence-corrected chi connectivity index (χ0v) is 17.7. The molecule has 0 saturated heterocycles. The molecule has 0 aliphatic carbocycles. The lowest BCUT2D eigenvalue weighted by molar-refractivity contribution is -0.141. The molecule has 0 aliphatic rings. The van der Waals surface area contributed by atoms with E-state index in [-0.39, 0.29) is 34.0 Å². The monoisotopic (exact) mass is 477 g/mol. The fraction of sp³-hybridized carbons (Fsp3) is 0.333. The molecule has 1 amide bonds. The predicted octanol–water partition coefficient (Wildman–Crippen LogP) is 3.07. The first-order valence-electron chi connectivity index (χ1n) is 8.96. The minimum absolute atomic E-state index is 0.0810. The van der Waals surface area contributed by atoms with Gasteiger partial charge in [-0.2, -0.15) is 22.0 Å². The highest BCUT2D eigenvalue weighted by Gasteiger charge is 2.33. The van der Waals surface area contributed by atoms with Crippen LogP contribution in [0, 0.1) is 0 Å². The van der Waals surface area contributed by atoms with E-state index in [1.165, 1.54) is 18.5 Å². The number of aryl methyl sites for hydroxylation is 1. The summed E-state index contributed by atoms with van der Waals surface area (Å²) < 4.78 is 91.2. The number of nitrogens with zero attached hydrogens (tertiary/aromatic N) is 5. The number of rotatable bonds is 5. The Morgan fingerprint density at radius 2 is 1.84 bits per heavy atom. The summed E-state index contributed by atoms with van der Waals surface area (Å²) in [6, 6.07) is 1.72. The lowest BCUT2D eigenvalue weighted by Crippen LogP contribution is -2.32. The molecular weight excluding hydrogens is 461 g/mol. The Morgan fingerprint density at radius 1 is 1.19 bits per heavy atom. The largest absolute Gasteiger partial charge is 0.433 e. The summed E-state index contributed by atoms with van der Waals surface area (Å²) in [6.07, 6.45) is -6.07. The number of sulfone groups is 1. The van der Waals surface area contributed by atoms with Crippen LogP contribution in [0.5, 0.6) is 0 Å². The van der Waals surface area contributed by atoms with Crippen molar-refractivity contribution in [1.29, 1.82) is 0 Å². The number of hydrogen-bond acceptors (Lipinski definition) is 6. The SMILES string of the molecule is CCS(=O)(=O)c1cc(N(C)C(=O)C(F)F)cnc1-c1nc2cc(C(F)(F)F)ncc2n1C. The van der Waals surface area contributed by atoms with Crippen LogP contribution in [-0.2, 0) is 27.9 Å². The highest BCUT2D eigenvalue weighted by molar-refractivity contribution is 7.91. The number of carbonyl (C=O) groups is 1. The van der Waals surface area contributed by atoms with E-state index in [0.717, 1.165) is 31.6 Å². The van der Waals surface area contributed by atoms with Crippen LogP contribution in [0.3, 0.4) is 0 Å². The third kappa shape index (κ3) is 4.13. The molecule has 0 aromatic carbocycles. The van der Waals surface area contributed by atoms with Crippen LogP contribution in [0.15, 0.2) is 29.4 Å². The standard InChI is InChI=1S/C18H16F5N5O3S/c1-4-32(30,31)12-5-9(27(2)17(29)15(19)20)7-25-14(12)16-26-10-6-13(18(21,22)23)24-8-11(10)28(16)3/h5-8,15H,4H2,1-3H3. The Hall–Kier alpha value is -3.16. The molecule has 3 rings (SSSR count). The molecule has 8 nitrogen and oxygen atoms in total. The van der Waals surface area contributed by atoms with Gasteiger partial charge in [0.1, 0.15) is 11.4 Å². The van der Waals surface area contributed by atoms with E-state index in [2.05, 4.69) is 15.0 Å². The van der Waals surface area contributed by atoms with Crippen LogP contribution >= 0.6 is 0 Å². The van der Waals surface area contributed by atoms with Crippen LogP contribution in [-0.4, -0.2) is 53.1 Å². The molecule has 172 valence electrons. The van der Waals surface area contributed by atoms with Crippen LogP contribution in [0.25, 0.3) is 22.6 Å². The van der Waals surface area contributed by atoms with Crippen molar-refractivity contribution >= 4 is 32.5 Å². The molecule has 3 heterocycles. The molecule has 0 saturated carbocycles. The fourth-order valence-corrected chi connectivity index (χ4v) is 3.96. The van der Waals surface area contributed by atoms with Gasteiger partial charge in [-0.15, -0.1) is 0 Å². The molecule has 0 bridgehead atoms. The smallest absolute Gasteiger partial charge is 0.324 e. The Bertz CT molecular complexity index is 1300. The van der Waals surface area contributed by atoms with Crippen molar-refractivity contribution in [2.24, 2.45) is 7.05 Å². The maximum Gasteiger partial charge on any atom is 0.433 e. The van der Waals surface area contributed by atoms with Crippen molar-refractivity contribution in [3.63, 3.8) is 0 Å². The van der Waals surface area contributed by atoms with E-state index >= 15 is 0 Å². The third-order valence-electron chi connectivity index (χ3n) is 4.73. The molecule has 14 heteroatoms. The third-order valence-corrected chi connectivity index (χ3v) is 6.47. The number of halogens is 5. The Balaban J connectivity index is 2.24. The van der Waals surface area contributed by atoms with Crippen molar-refractivity contribution in [2.75, 3.05) is 17.7 Å². The molecule has 0 N–H and O–H groups in total. The number of amides is 1. The molecule has 0 unspecified atom stereocenters. The summed E-state index contributed by atoms with van der Waals surface area (Å²) in [4.78, 5) is 23.2. The summed E-state index contributed by atoms with van der Waals surface area (Å²) >= 11 is 0. The van der Waals surface area contributed by atoms with Crippen molar-refractivity contribution in [1.82, 2.24) is 19.5 Å². The number of pyridine rings is 2. The second-order valence-corrected chi connectivity index (χ2v) is 8.94. The first kappa shape index (κ1) is 23.5. The second kappa shape index (κ2) is 8.07. The number of carbonyl (C=O) groups excluding carboxylic acids is 1. The molecular formula is C18H16F5N5O3S. The Kier molecular flexibility index (Phi) is 5.93. The Morgan fingerprint density at radius 3 is 2.41 bits per heavy atom. The van der Waals surface area contributed by atoms with Gasteiger partial charge in [-0.05, 0) is 12.1 Å². The number of fused-ring (bicyclic) bond motifs is 1. The minimum Gasteiger partial charge on any atom is -0.324 e. The van der Waals surface area contributed by atoms with E-state index in [9.17, 15) is 35.2 Å². The lowest BCUT2D eigenvalue weighted by Gasteiger charge is -2.18. The fourth-order valence-electron chi connectivity index (χ4n) is 2.91. The van der Waals surface area contributed by atoms with Crippen molar-refractivity contribution in [2.45, 2.75) is 24.4 Å². The molecule has 32 heavy (non-hydrogen) atoms. The van der Waals surface area contributed by atoms with Gasteiger partial charge < -0.3 is 9.47 Å². The number of aromatic nitrogens is 4. The van der Waals surface area contributed by atoms with E-state index in [4.69, 9.17) is 0 Å². The molecule has 0 spiro atoms. The zero-order chi connectivity index (χ0) is 24.0. The van der Waals surface area contributed by atoms with Gasteiger partial charge in [0.05, 0.1) is 39.8 Å². The average Bonchev–Trinajstić information content (AvgIpc) is 3.07. The van der Waals surface area contributed by atoms with E-state index in [1.54, 1.807) is 0 Å². The summed E-state index contributed by atoms with van der Waals surface area (Å²) in [7, 11) is -1.53. The minimum atomic E-state index is -4.70. The number of alkyl halides is 5. The van der Waals surface area contributed by atoms with E-state index in [1.807, 2.05) is 0 Å². The van der Waals surface area contributed by atoms with Gasteiger partial charge >= 0.3 is 12.6 Å². The maximum absolute atomic E-state index is 13.0. The van der Waals surface area contributed by atoms with Gasteiger partial charge in [-0.1, -0.05) is 6.92 Å². The summed E-state index contributed by atoms with van der Waals surface area (Å²) in [5.41, 5.74) is -1.50. The van der Waals surface area contributed by atoms with Gasteiger partial charge in [0.25, 0.3) is 5.91 Å². The van der Waals surface area contributed by atoms with Crippen molar-refractivity contribution in [3.05, 3.63) is 30.2 Å². The van der Waals surface area contributed by atoms with Crippen LogP contribution in [0.2, 0.25) is 0 Å². The van der Waals surface area contributed by atoms with Crippen LogP contribution < -0.4 is 4.90 Å². The maximum atomic E-state index is 13.0. The topological polar surface area (TPSA) is 98.1 Å². The normalized spacial score (nSPS) is 12.5. The van der Waals surface area contributed by atoms with Gasteiger partial charge in [-0.25, -0.2) is 23.4 Å². The Labute approximate surface area is 178 Å². The lowest BCUT2D eigenvalue weighted by atomic mass is 10.3. The molecule has 0 fully saturated rings. The molecule has 0 aliphatic heterocycles. The second-order valence-electron chi connectivity index (χ2n) is 6.69. The molecule has 0 radical (unpaired) electrons.